The average molecular weight is 232 g/mol. The number of unbranched alkanes of at least 4 members (excludes halogenated alkanes) is 2. The van der Waals surface area contributed by atoms with Crippen LogP contribution in [0.2, 0.25) is 0 Å². The van der Waals surface area contributed by atoms with E-state index in [0.717, 1.165) is 52.3 Å². The summed E-state index contributed by atoms with van der Waals surface area (Å²) >= 11 is 0. The predicted octanol–water partition coefficient (Wildman–Crippen LogP) is 1.10. The Bertz CT molecular complexity index is 134. The summed E-state index contributed by atoms with van der Waals surface area (Å²) in [6.45, 7) is 5.37. The molecule has 0 saturated heterocycles. The first kappa shape index (κ1) is 15.8. The van der Waals surface area contributed by atoms with Crippen molar-refractivity contribution in [1.82, 2.24) is 4.90 Å². The molecule has 0 aromatic heterocycles. The molecule has 0 amide bonds. The maximum atomic E-state index is 5.49. The third-order valence-electron chi connectivity index (χ3n) is 2.50. The third kappa shape index (κ3) is 11.9. The summed E-state index contributed by atoms with van der Waals surface area (Å²) in [6.07, 6.45) is 4.59. The standard InChI is InChI=1S/C12H28N2O2/c1-14(8-5-3-4-7-13)9-12-16-11-6-10-15-2/h3-13H2,1-2H3. The van der Waals surface area contributed by atoms with Crippen molar-refractivity contribution in [2.45, 2.75) is 25.7 Å². The summed E-state index contributed by atoms with van der Waals surface area (Å²) in [5.41, 5.74) is 5.44. The fraction of sp³-hybridized carbons (Fsp3) is 1.00. The summed E-state index contributed by atoms with van der Waals surface area (Å²) < 4.78 is 10.4. The fourth-order valence-electron chi connectivity index (χ4n) is 1.44. The van der Waals surface area contributed by atoms with Crippen LogP contribution < -0.4 is 5.73 Å². The maximum Gasteiger partial charge on any atom is 0.0593 e. The quantitative estimate of drug-likeness (QED) is 0.512. The molecule has 0 aromatic rings. The highest BCUT2D eigenvalue weighted by Gasteiger charge is 1.97. The number of methoxy groups -OCH3 is 1. The van der Waals surface area contributed by atoms with Crippen LogP contribution in [0.25, 0.3) is 0 Å². The van der Waals surface area contributed by atoms with Crippen LogP contribution in [-0.2, 0) is 9.47 Å². The van der Waals surface area contributed by atoms with Gasteiger partial charge in [-0.15, -0.1) is 0 Å². The third-order valence-corrected chi connectivity index (χ3v) is 2.50. The molecule has 98 valence electrons. The number of rotatable bonds is 12. The lowest BCUT2D eigenvalue weighted by Gasteiger charge is -2.16. The van der Waals surface area contributed by atoms with Crippen LogP contribution in [0.15, 0.2) is 0 Å². The van der Waals surface area contributed by atoms with Crippen LogP contribution in [0.5, 0.6) is 0 Å². The lowest BCUT2D eigenvalue weighted by Crippen LogP contribution is -2.24. The van der Waals surface area contributed by atoms with Gasteiger partial charge in [0.15, 0.2) is 0 Å². The van der Waals surface area contributed by atoms with E-state index in [4.69, 9.17) is 15.2 Å². The van der Waals surface area contributed by atoms with Gasteiger partial charge in [0.05, 0.1) is 6.61 Å². The van der Waals surface area contributed by atoms with Gasteiger partial charge in [-0.05, 0) is 39.4 Å². The van der Waals surface area contributed by atoms with E-state index in [1.54, 1.807) is 7.11 Å². The highest BCUT2D eigenvalue weighted by molar-refractivity contribution is 4.52. The van der Waals surface area contributed by atoms with Crippen LogP contribution in [0.4, 0.5) is 0 Å². The van der Waals surface area contributed by atoms with Crippen LogP contribution in [0.1, 0.15) is 25.7 Å². The Morgan fingerprint density at radius 3 is 2.44 bits per heavy atom. The Hall–Kier alpha value is -0.160. The van der Waals surface area contributed by atoms with Crippen LogP contribution in [0, 0.1) is 0 Å². The first-order valence-electron chi connectivity index (χ1n) is 6.26. The SMILES string of the molecule is COCCCOCCN(C)CCCCCN. The summed E-state index contributed by atoms with van der Waals surface area (Å²) in [4.78, 5) is 2.31. The van der Waals surface area contributed by atoms with Crippen LogP contribution in [0.3, 0.4) is 0 Å². The summed E-state index contributed by atoms with van der Waals surface area (Å²) in [6, 6.07) is 0. The molecular formula is C12H28N2O2. The second-order valence-electron chi connectivity index (χ2n) is 4.11. The smallest absolute Gasteiger partial charge is 0.0593 e. The molecule has 0 radical (unpaired) electrons. The molecule has 2 N–H and O–H groups in total. The second-order valence-corrected chi connectivity index (χ2v) is 4.11. The number of hydrogen-bond donors (Lipinski definition) is 1. The van der Waals surface area contributed by atoms with Crippen molar-refractivity contribution >= 4 is 0 Å². The molecule has 0 rings (SSSR count). The molecule has 0 fully saturated rings. The molecular weight excluding hydrogens is 204 g/mol. The number of nitrogens with zero attached hydrogens (tertiary/aromatic N) is 1. The monoisotopic (exact) mass is 232 g/mol. The summed E-state index contributed by atoms with van der Waals surface area (Å²) in [5, 5.41) is 0. The highest BCUT2D eigenvalue weighted by atomic mass is 16.5. The first-order valence-corrected chi connectivity index (χ1v) is 6.26. The molecule has 0 atom stereocenters. The molecule has 0 aromatic carbocycles. The van der Waals surface area contributed by atoms with Gasteiger partial charge in [-0.1, -0.05) is 6.42 Å². The van der Waals surface area contributed by atoms with Gasteiger partial charge in [-0.3, -0.25) is 0 Å². The lowest BCUT2D eigenvalue weighted by atomic mass is 10.2. The predicted molar refractivity (Wildman–Crippen MR) is 67.7 cm³/mol. The Morgan fingerprint density at radius 2 is 1.75 bits per heavy atom. The average Bonchev–Trinajstić information content (AvgIpc) is 2.29. The molecule has 0 bridgehead atoms. The Labute approximate surface area is 100 Å². The van der Waals surface area contributed by atoms with E-state index in [9.17, 15) is 0 Å². The number of hydrogen-bond acceptors (Lipinski definition) is 4. The van der Waals surface area contributed by atoms with E-state index in [1.165, 1.54) is 12.8 Å². The number of nitrogens with two attached hydrogens (primary N) is 1. The molecule has 0 spiro atoms. The van der Waals surface area contributed by atoms with Gasteiger partial charge in [0.25, 0.3) is 0 Å². The summed E-state index contributed by atoms with van der Waals surface area (Å²) in [5.74, 6) is 0. The second kappa shape index (κ2) is 12.9. The Kier molecular flexibility index (Phi) is 12.8. The van der Waals surface area contributed by atoms with Crippen molar-refractivity contribution in [2.24, 2.45) is 5.73 Å². The molecule has 0 aliphatic carbocycles. The molecule has 0 unspecified atom stereocenters. The van der Waals surface area contributed by atoms with Gasteiger partial charge in [-0.25, -0.2) is 0 Å². The zero-order valence-corrected chi connectivity index (χ0v) is 10.9. The van der Waals surface area contributed by atoms with Crippen molar-refractivity contribution in [3.8, 4) is 0 Å². The minimum Gasteiger partial charge on any atom is -0.385 e. The van der Waals surface area contributed by atoms with Crippen LogP contribution >= 0.6 is 0 Å². The van der Waals surface area contributed by atoms with Gasteiger partial charge >= 0.3 is 0 Å². The topological polar surface area (TPSA) is 47.7 Å². The molecule has 0 saturated carbocycles. The lowest BCUT2D eigenvalue weighted by molar-refractivity contribution is 0.0885. The zero-order chi connectivity index (χ0) is 12.1. The minimum absolute atomic E-state index is 0.787. The van der Waals surface area contributed by atoms with E-state index >= 15 is 0 Å². The van der Waals surface area contributed by atoms with Crippen molar-refractivity contribution in [3.63, 3.8) is 0 Å². The summed E-state index contributed by atoms with van der Waals surface area (Å²) in [7, 11) is 3.86. The van der Waals surface area contributed by atoms with Gasteiger partial charge in [-0.2, -0.15) is 0 Å². The normalized spacial score (nSPS) is 11.2. The van der Waals surface area contributed by atoms with Crippen molar-refractivity contribution < 1.29 is 9.47 Å². The van der Waals surface area contributed by atoms with E-state index in [-0.39, 0.29) is 0 Å². The van der Waals surface area contributed by atoms with E-state index in [2.05, 4.69) is 11.9 Å². The number of ether oxygens (including phenoxy) is 2. The molecule has 0 aliphatic heterocycles. The Morgan fingerprint density at radius 1 is 0.938 bits per heavy atom. The zero-order valence-electron chi connectivity index (χ0n) is 10.9. The molecule has 0 heterocycles. The fourth-order valence-corrected chi connectivity index (χ4v) is 1.44. The van der Waals surface area contributed by atoms with Gasteiger partial charge in [0.1, 0.15) is 0 Å². The van der Waals surface area contributed by atoms with Crippen molar-refractivity contribution in [1.29, 1.82) is 0 Å². The largest absolute Gasteiger partial charge is 0.385 e. The van der Waals surface area contributed by atoms with E-state index in [0.29, 0.717) is 0 Å². The first-order chi connectivity index (χ1) is 7.81. The molecule has 4 nitrogen and oxygen atoms in total. The Balaban J connectivity index is 3.08. The van der Waals surface area contributed by atoms with Gasteiger partial charge < -0.3 is 20.1 Å². The van der Waals surface area contributed by atoms with Gasteiger partial charge in [0.2, 0.25) is 0 Å². The molecule has 4 heteroatoms. The maximum absolute atomic E-state index is 5.49. The van der Waals surface area contributed by atoms with Crippen molar-refractivity contribution in [3.05, 3.63) is 0 Å². The van der Waals surface area contributed by atoms with E-state index in [1.807, 2.05) is 0 Å². The van der Waals surface area contributed by atoms with Crippen molar-refractivity contribution in [2.75, 3.05) is 53.6 Å². The minimum atomic E-state index is 0.787. The number of likely N-dealkylation sites (N-methyl/N-ethyl adjacent to an activating group) is 1. The van der Waals surface area contributed by atoms with Gasteiger partial charge in [0, 0.05) is 26.9 Å². The van der Waals surface area contributed by atoms with E-state index < -0.39 is 0 Å². The van der Waals surface area contributed by atoms with Crippen LogP contribution in [-0.4, -0.2) is 58.5 Å². The highest BCUT2D eigenvalue weighted by Crippen LogP contribution is 1.96. The molecule has 16 heavy (non-hydrogen) atoms. The molecule has 0 aliphatic rings.